The number of halogens is 1. The van der Waals surface area contributed by atoms with Gasteiger partial charge in [0.2, 0.25) is 5.91 Å². The van der Waals surface area contributed by atoms with Gasteiger partial charge in [0.25, 0.3) is 0 Å². The molecule has 2 fully saturated rings. The third-order valence-electron chi connectivity index (χ3n) is 5.96. The molecule has 0 saturated carbocycles. The number of carbonyl (C=O) groups is 1. The number of carbonyl (C=O) groups excluding carboxylic acids is 1. The number of aliphatic imine (C=N–C) groups is 1. The first kappa shape index (κ1) is 24.6. The Balaban J connectivity index is 0.00000320. The van der Waals surface area contributed by atoms with Crippen LogP contribution in [0.5, 0.6) is 5.75 Å². The first-order valence-electron chi connectivity index (χ1n) is 10.8. The van der Waals surface area contributed by atoms with Crippen molar-refractivity contribution in [3.8, 4) is 5.75 Å². The lowest BCUT2D eigenvalue weighted by Crippen LogP contribution is -2.53. The maximum absolute atomic E-state index is 12.5. The highest BCUT2D eigenvalue weighted by Crippen LogP contribution is 2.28. The summed E-state index contributed by atoms with van der Waals surface area (Å²) in [5.74, 6) is 2.04. The molecular formula is C22H36IN5O2. The summed E-state index contributed by atoms with van der Waals surface area (Å²) in [6, 6.07) is 8.52. The maximum Gasteiger partial charge on any atom is 0.224 e. The van der Waals surface area contributed by atoms with Crippen molar-refractivity contribution in [2.24, 2.45) is 4.99 Å². The van der Waals surface area contributed by atoms with Crippen LogP contribution >= 0.6 is 24.0 Å². The van der Waals surface area contributed by atoms with Gasteiger partial charge in [0, 0.05) is 58.8 Å². The third-order valence-corrected chi connectivity index (χ3v) is 5.96. The summed E-state index contributed by atoms with van der Waals surface area (Å²) in [6.07, 6.45) is 4.00. The lowest BCUT2D eigenvalue weighted by atomic mass is 10.0. The smallest absolute Gasteiger partial charge is 0.224 e. The molecule has 2 aliphatic rings. The number of likely N-dealkylation sites (tertiary alicyclic amines) is 1. The highest BCUT2D eigenvalue weighted by molar-refractivity contribution is 14.0. The number of nitrogens with zero attached hydrogens (tertiary/aromatic N) is 4. The number of hydrogen-bond donors (Lipinski definition) is 1. The minimum Gasteiger partial charge on any atom is -0.495 e. The van der Waals surface area contributed by atoms with Gasteiger partial charge in [-0.2, -0.15) is 0 Å². The summed E-state index contributed by atoms with van der Waals surface area (Å²) in [4.78, 5) is 23.6. The number of anilines is 1. The number of para-hydroxylation sites is 2. The highest BCUT2D eigenvalue weighted by Gasteiger charge is 2.24. The van der Waals surface area contributed by atoms with Gasteiger partial charge in [-0.3, -0.25) is 9.79 Å². The minimum absolute atomic E-state index is 0. The Morgan fingerprint density at radius 1 is 1.17 bits per heavy atom. The second-order valence-corrected chi connectivity index (χ2v) is 7.80. The predicted molar refractivity (Wildman–Crippen MR) is 133 cm³/mol. The lowest BCUT2D eigenvalue weighted by Gasteiger charge is -2.38. The molecule has 1 aromatic carbocycles. The number of methoxy groups -OCH3 is 1. The van der Waals surface area contributed by atoms with Crippen molar-refractivity contribution in [3.63, 3.8) is 0 Å². The van der Waals surface area contributed by atoms with E-state index in [1.165, 1.54) is 6.42 Å². The van der Waals surface area contributed by atoms with Crippen molar-refractivity contribution in [1.82, 2.24) is 15.1 Å². The van der Waals surface area contributed by atoms with Crippen LogP contribution in [0, 0.1) is 0 Å². The van der Waals surface area contributed by atoms with E-state index in [-0.39, 0.29) is 29.9 Å². The standard InChI is InChI=1S/C22H35N5O2.HI/c1-18-8-6-7-13-27(18)21(28)11-12-24-22(23-2)26-16-14-25(15-17-26)19-9-4-5-10-20(19)29-3;/h4-5,9-10,18H,6-8,11-17H2,1-3H3,(H,23,24);1H. The molecule has 0 aromatic heterocycles. The number of piperazine rings is 1. The van der Waals surface area contributed by atoms with Gasteiger partial charge in [-0.05, 0) is 38.3 Å². The summed E-state index contributed by atoms with van der Waals surface area (Å²) < 4.78 is 5.50. The molecule has 1 aromatic rings. The number of ether oxygens (including phenoxy) is 1. The number of amides is 1. The van der Waals surface area contributed by atoms with Crippen LogP contribution in [0.1, 0.15) is 32.6 Å². The molecule has 1 atom stereocenters. The Morgan fingerprint density at radius 2 is 1.90 bits per heavy atom. The van der Waals surface area contributed by atoms with E-state index in [1.807, 2.05) is 30.1 Å². The molecule has 0 radical (unpaired) electrons. The summed E-state index contributed by atoms with van der Waals surface area (Å²) in [5, 5.41) is 3.39. The zero-order chi connectivity index (χ0) is 20.6. The molecule has 1 amide bonds. The average Bonchev–Trinajstić information content (AvgIpc) is 2.77. The fourth-order valence-electron chi connectivity index (χ4n) is 4.28. The molecule has 1 unspecified atom stereocenters. The van der Waals surface area contributed by atoms with E-state index < -0.39 is 0 Å². The van der Waals surface area contributed by atoms with Crippen molar-refractivity contribution in [2.75, 3.05) is 58.3 Å². The summed E-state index contributed by atoms with van der Waals surface area (Å²) in [5.41, 5.74) is 1.14. The van der Waals surface area contributed by atoms with E-state index in [9.17, 15) is 4.79 Å². The van der Waals surface area contributed by atoms with Gasteiger partial charge in [0.15, 0.2) is 5.96 Å². The molecule has 0 spiro atoms. The number of piperidine rings is 1. The Morgan fingerprint density at radius 3 is 2.57 bits per heavy atom. The van der Waals surface area contributed by atoms with Gasteiger partial charge in [-0.15, -0.1) is 24.0 Å². The molecule has 3 rings (SSSR count). The van der Waals surface area contributed by atoms with Crippen molar-refractivity contribution < 1.29 is 9.53 Å². The van der Waals surface area contributed by atoms with Gasteiger partial charge in [0.1, 0.15) is 5.75 Å². The number of hydrogen-bond acceptors (Lipinski definition) is 4. The zero-order valence-corrected chi connectivity index (χ0v) is 20.8. The largest absolute Gasteiger partial charge is 0.495 e. The minimum atomic E-state index is 0. The first-order valence-corrected chi connectivity index (χ1v) is 10.8. The molecule has 2 saturated heterocycles. The van der Waals surface area contributed by atoms with Crippen LogP contribution in [-0.2, 0) is 4.79 Å². The molecule has 0 aliphatic carbocycles. The van der Waals surface area contributed by atoms with Gasteiger partial charge in [-0.25, -0.2) is 0 Å². The van der Waals surface area contributed by atoms with E-state index in [0.717, 1.165) is 63.0 Å². The number of guanidine groups is 1. The normalized spacial score (nSPS) is 19.9. The molecule has 8 heteroatoms. The van der Waals surface area contributed by atoms with Gasteiger partial charge < -0.3 is 24.8 Å². The van der Waals surface area contributed by atoms with Crippen LogP contribution in [0.25, 0.3) is 0 Å². The Kier molecular flexibility index (Phi) is 10.0. The van der Waals surface area contributed by atoms with Crippen molar-refractivity contribution in [2.45, 2.75) is 38.6 Å². The molecule has 168 valence electrons. The second-order valence-electron chi connectivity index (χ2n) is 7.80. The fraction of sp³-hybridized carbons (Fsp3) is 0.636. The molecule has 2 heterocycles. The van der Waals surface area contributed by atoms with Crippen LogP contribution in [-0.4, -0.2) is 81.1 Å². The van der Waals surface area contributed by atoms with Crippen LogP contribution in [0.15, 0.2) is 29.3 Å². The van der Waals surface area contributed by atoms with E-state index in [4.69, 9.17) is 4.74 Å². The molecular weight excluding hydrogens is 493 g/mol. The van der Waals surface area contributed by atoms with Gasteiger partial charge in [-0.1, -0.05) is 12.1 Å². The quantitative estimate of drug-likeness (QED) is 0.361. The summed E-state index contributed by atoms with van der Waals surface area (Å²) in [7, 11) is 3.52. The fourth-order valence-corrected chi connectivity index (χ4v) is 4.28. The summed E-state index contributed by atoms with van der Waals surface area (Å²) in [6.45, 7) is 7.27. The van der Waals surface area contributed by atoms with Gasteiger partial charge >= 0.3 is 0 Å². The van der Waals surface area contributed by atoms with E-state index in [0.29, 0.717) is 19.0 Å². The first-order chi connectivity index (χ1) is 14.1. The number of rotatable bonds is 5. The Labute approximate surface area is 197 Å². The van der Waals surface area contributed by atoms with E-state index in [2.05, 4.69) is 33.1 Å². The summed E-state index contributed by atoms with van der Waals surface area (Å²) >= 11 is 0. The molecule has 2 aliphatic heterocycles. The number of nitrogens with one attached hydrogen (secondary N) is 1. The Hall–Kier alpha value is -1.71. The van der Waals surface area contributed by atoms with Crippen molar-refractivity contribution >= 4 is 41.5 Å². The topological polar surface area (TPSA) is 60.4 Å². The predicted octanol–water partition coefficient (Wildman–Crippen LogP) is 2.80. The monoisotopic (exact) mass is 529 g/mol. The van der Waals surface area contributed by atoms with E-state index >= 15 is 0 Å². The molecule has 7 nitrogen and oxygen atoms in total. The average molecular weight is 529 g/mol. The van der Waals surface area contributed by atoms with Crippen LogP contribution in [0.2, 0.25) is 0 Å². The van der Waals surface area contributed by atoms with E-state index in [1.54, 1.807) is 7.11 Å². The number of benzene rings is 1. The molecule has 30 heavy (non-hydrogen) atoms. The SMILES string of the molecule is CN=C(NCCC(=O)N1CCCCC1C)N1CCN(c2ccccc2OC)CC1.I. The van der Waals surface area contributed by atoms with Crippen LogP contribution in [0.4, 0.5) is 5.69 Å². The van der Waals surface area contributed by atoms with Crippen molar-refractivity contribution in [3.05, 3.63) is 24.3 Å². The second kappa shape index (κ2) is 12.2. The zero-order valence-electron chi connectivity index (χ0n) is 18.5. The molecule has 0 bridgehead atoms. The highest BCUT2D eigenvalue weighted by atomic mass is 127. The van der Waals surface area contributed by atoms with Crippen LogP contribution in [0.3, 0.4) is 0 Å². The molecule has 1 N–H and O–H groups in total. The lowest BCUT2D eigenvalue weighted by molar-refractivity contribution is -0.134. The third kappa shape index (κ3) is 6.15. The maximum atomic E-state index is 12.5. The van der Waals surface area contributed by atoms with Gasteiger partial charge in [0.05, 0.1) is 12.8 Å². The van der Waals surface area contributed by atoms with Crippen molar-refractivity contribution in [1.29, 1.82) is 0 Å². The van der Waals surface area contributed by atoms with Crippen LogP contribution < -0.4 is 15.0 Å². The Bertz CT molecular complexity index is 707.